The quantitative estimate of drug-likeness (QED) is 0.0295. The van der Waals surface area contributed by atoms with E-state index in [1.807, 2.05) is 0 Å². The summed E-state index contributed by atoms with van der Waals surface area (Å²) in [4.78, 5) is 52.3. The molecule has 356 valence electrons. The molecule has 0 aliphatic carbocycles. The highest BCUT2D eigenvalue weighted by atomic mass is 79.9. The van der Waals surface area contributed by atoms with E-state index in [9.17, 15) is 19.2 Å². The maximum atomic E-state index is 13.2. The summed E-state index contributed by atoms with van der Waals surface area (Å²) in [6.07, 6.45) is 16.9. The van der Waals surface area contributed by atoms with Crippen LogP contribution in [0.15, 0.2) is 130 Å². The van der Waals surface area contributed by atoms with E-state index < -0.39 is 23.9 Å². The first-order chi connectivity index (χ1) is 33.1. The fourth-order valence-corrected chi connectivity index (χ4v) is 8.19. The van der Waals surface area contributed by atoms with Crippen LogP contribution >= 0.6 is 31.9 Å². The zero-order valence-corrected chi connectivity index (χ0v) is 41.9. The van der Waals surface area contributed by atoms with Gasteiger partial charge in [-0.15, -0.1) is 0 Å². The van der Waals surface area contributed by atoms with Crippen LogP contribution in [-0.4, -0.2) is 37.1 Å². The molecule has 0 fully saturated rings. The topological polar surface area (TPSA) is 124 Å². The molecule has 6 aromatic carbocycles. The Morgan fingerprint density at radius 1 is 0.353 bits per heavy atom. The molecule has 0 saturated carbocycles. The number of benzene rings is 6. The maximum absolute atomic E-state index is 13.2. The van der Waals surface area contributed by atoms with Crippen LogP contribution in [0.4, 0.5) is 0 Å². The third kappa shape index (κ3) is 16.1. The van der Waals surface area contributed by atoms with Crippen molar-refractivity contribution < 1.29 is 47.6 Å². The number of unbranched alkanes of at least 4 members (excludes halogenated alkanes) is 12. The third-order valence-electron chi connectivity index (χ3n) is 11.2. The summed E-state index contributed by atoms with van der Waals surface area (Å²) in [5, 5.41) is 1.48. The van der Waals surface area contributed by atoms with Crippen molar-refractivity contribution in [3.05, 3.63) is 153 Å². The summed E-state index contributed by atoms with van der Waals surface area (Å²) < 4.78 is 35.1. The summed E-state index contributed by atoms with van der Waals surface area (Å²) in [5.41, 5.74) is 1.17. The van der Waals surface area contributed by atoms with Gasteiger partial charge in [-0.2, -0.15) is 0 Å². The fourth-order valence-electron chi connectivity index (χ4n) is 7.27. The number of carbonyl (C=O) groups is 4. The van der Waals surface area contributed by atoms with E-state index in [0.717, 1.165) is 31.1 Å². The molecular formula is C56H58Br2O10. The summed E-state index contributed by atoms with van der Waals surface area (Å²) in [6, 6.07) is 33.0. The van der Waals surface area contributed by atoms with Gasteiger partial charge in [0.15, 0.2) is 0 Å². The molecule has 6 aromatic rings. The van der Waals surface area contributed by atoms with E-state index in [1.54, 1.807) is 84.9 Å². The third-order valence-corrected chi connectivity index (χ3v) is 12.4. The second-order valence-corrected chi connectivity index (χ2v) is 18.2. The molecule has 0 bridgehead atoms. The Bertz CT molecular complexity index is 2430. The van der Waals surface area contributed by atoms with Gasteiger partial charge in [-0.1, -0.05) is 103 Å². The number of esters is 4. The summed E-state index contributed by atoms with van der Waals surface area (Å²) in [7, 11) is 0. The number of halogens is 2. The van der Waals surface area contributed by atoms with Crippen molar-refractivity contribution in [2.24, 2.45) is 0 Å². The summed E-state index contributed by atoms with van der Waals surface area (Å²) in [5.74, 6) is 0.0320. The predicted octanol–water partition coefficient (Wildman–Crippen LogP) is 15.5. The second-order valence-electron chi connectivity index (χ2n) is 16.5. The molecule has 0 unspecified atom stereocenters. The molecule has 12 heteroatoms. The second kappa shape index (κ2) is 27.1. The Labute approximate surface area is 415 Å². The van der Waals surface area contributed by atoms with Crippen LogP contribution in [0.3, 0.4) is 0 Å². The fraction of sp³-hybridized carbons (Fsp3) is 0.321. The van der Waals surface area contributed by atoms with E-state index in [1.165, 1.54) is 101 Å². The zero-order chi connectivity index (χ0) is 48.1. The number of fused-ring (bicyclic) bond motifs is 1. The molecule has 0 heterocycles. The molecule has 0 aliphatic heterocycles. The van der Waals surface area contributed by atoms with Crippen LogP contribution < -0.4 is 28.4 Å². The average molecular weight is 1050 g/mol. The minimum absolute atomic E-state index is 0.224. The first-order valence-electron chi connectivity index (χ1n) is 23.6. The summed E-state index contributed by atoms with van der Waals surface area (Å²) in [6.45, 7) is 5.69. The van der Waals surface area contributed by atoms with Crippen molar-refractivity contribution in [2.75, 3.05) is 13.2 Å². The van der Waals surface area contributed by atoms with Gasteiger partial charge in [0.2, 0.25) is 0 Å². The van der Waals surface area contributed by atoms with Crippen molar-refractivity contribution >= 4 is 66.5 Å². The van der Waals surface area contributed by atoms with E-state index in [2.05, 4.69) is 45.7 Å². The van der Waals surface area contributed by atoms with Gasteiger partial charge < -0.3 is 28.4 Å². The smallest absolute Gasteiger partial charge is 0.343 e. The standard InChI is InChI=1S/C56H58Br2O10/c1-3-5-7-9-11-13-15-33-63-45-25-19-40(20-26-45)53(59)67-51-31-23-42(37-49(51)57)55(61)65-47-29-17-39-18-30-48(36-44(39)35-47)66-56(62)43-24-32-52(50(58)38-43)68-54(60)41-21-27-46(28-22-41)64-34-16-14-12-10-8-6-4-2/h17-32,35-38H,3-16,33-34H2,1-2H3. The minimum Gasteiger partial charge on any atom is -0.494 e. The van der Waals surface area contributed by atoms with Gasteiger partial charge in [0, 0.05) is 0 Å². The van der Waals surface area contributed by atoms with Gasteiger partial charge >= 0.3 is 23.9 Å². The molecule has 6 rings (SSSR count). The Morgan fingerprint density at radius 2 is 0.691 bits per heavy atom. The van der Waals surface area contributed by atoms with E-state index in [-0.39, 0.29) is 34.1 Å². The number of hydrogen-bond donors (Lipinski definition) is 0. The lowest BCUT2D eigenvalue weighted by molar-refractivity contribution is 0.0719. The Morgan fingerprint density at radius 3 is 1.07 bits per heavy atom. The highest BCUT2D eigenvalue weighted by molar-refractivity contribution is 9.11. The highest BCUT2D eigenvalue weighted by Crippen LogP contribution is 2.31. The van der Waals surface area contributed by atoms with Crippen LogP contribution in [0.25, 0.3) is 10.8 Å². The molecule has 0 atom stereocenters. The van der Waals surface area contributed by atoms with Crippen molar-refractivity contribution in [1.29, 1.82) is 0 Å². The van der Waals surface area contributed by atoms with Gasteiger partial charge in [0.1, 0.15) is 34.5 Å². The number of hydrogen-bond acceptors (Lipinski definition) is 10. The molecular weight excluding hydrogens is 992 g/mol. The van der Waals surface area contributed by atoms with E-state index >= 15 is 0 Å². The molecule has 0 amide bonds. The number of rotatable bonds is 26. The largest absolute Gasteiger partial charge is 0.494 e. The number of ether oxygens (including phenoxy) is 6. The van der Waals surface area contributed by atoms with E-state index in [0.29, 0.717) is 50.2 Å². The molecule has 0 saturated heterocycles. The van der Waals surface area contributed by atoms with Gasteiger partial charge in [-0.3, -0.25) is 0 Å². The Kier molecular flexibility index (Phi) is 20.5. The highest BCUT2D eigenvalue weighted by Gasteiger charge is 2.18. The molecule has 0 N–H and O–H groups in total. The van der Waals surface area contributed by atoms with Crippen LogP contribution in [0.1, 0.15) is 145 Å². The van der Waals surface area contributed by atoms with Crippen molar-refractivity contribution in [1.82, 2.24) is 0 Å². The predicted molar refractivity (Wildman–Crippen MR) is 272 cm³/mol. The van der Waals surface area contributed by atoms with Crippen LogP contribution in [0.2, 0.25) is 0 Å². The monoisotopic (exact) mass is 1050 g/mol. The average Bonchev–Trinajstić information content (AvgIpc) is 3.34. The maximum Gasteiger partial charge on any atom is 0.343 e. The van der Waals surface area contributed by atoms with Gasteiger partial charge in [0.05, 0.1) is 44.4 Å². The first-order valence-corrected chi connectivity index (χ1v) is 25.2. The SMILES string of the molecule is CCCCCCCCCOc1ccc(C(=O)Oc2ccc(C(=O)Oc3ccc4ccc(OC(=O)c5ccc(OC(=O)c6ccc(OCCCCCCCCC)cc6)c(Br)c5)cc4c3)cc2Br)cc1. The normalized spacial score (nSPS) is 10.9. The van der Waals surface area contributed by atoms with Crippen LogP contribution in [0.5, 0.6) is 34.5 Å². The molecule has 0 radical (unpaired) electrons. The lowest BCUT2D eigenvalue weighted by Gasteiger charge is -2.11. The number of carbonyl (C=O) groups excluding carboxylic acids is 4. The lowest BCUT2D eigenvalue weighted by atomic mass is 10.1. The summed E-state index contributed by atoms with van der Waals surface area (Å²) >= 11 is 6.84. The minimum atomic E-state index is -0.630. The van der Waals surface area contributed by atoms with Crippen LogP contribution in [0, 0.1) is 0 Å². The Hall–Kier alpha value is -5.98. The van der Waals surface area contributed by atoms with E-state index in [4.69, 9.17) is 28.4 Å². The van der Waals surface area contributed by atoms with Gasteiger partial charge in [-0.25, -0.2) is 19.2 Å². The molecule has 68 heavy (non-hydrogen) atoms. The molecule has 10 nitrogen and oxygen atoms in total. The molecule has 0 spiro atoms. The Balaban J connectivity index is 0.963. The van der Waals surface area contributed by atoms with Gasteiger partial charge in [0.25, 0.3) is 0 Å². The molecule has 0 aliphatic rings. The zero-order valence-electron chi connectivity index (χ0n) is 38.7. The lowest BCUT2D eigenvalue weighted by Crippen LogP contribution is -2.11. The first kappa shape index (κ1) is 51.4. The van der Waals surface area contributed by atoms with Crippen LogP contribution in [-0.2, 0) is 0 Å². The van der Waals surface area contributed by atoms with Crippen molar-refractivity contribution in [2.45, 2.75) is 104 Å². The van der Waals surface area contributed by atoms with Gasteiger partial charge in [-0.05, 0) is 165 Å². The van der Waals surface area contributed by atoms with Crippen molar-refractivity contribution in [3.8, 4) is 34.5 Å². The molecule has 0 aromatic heterocycles. The van der Waals surface area contributed by atoms with Crippen molar-refractivity contribution in [3.63, 3.8) is 0 Å².